The summed E-state index contributed by atoms with van der Waals surface area (Å²) in [6.07, 6.45) is -0.453. The van der Waals surface area contributed by atoms with Crippen molar-refractivity contribution < 1.29 is 19.8 Å². The van der Waals surface area contributed by atoms with Gasteiger partial charge in [-0.3, -0.25) is 9.59 Å². The number of rotatable bonds is 5. The van der Waals surface area contributed by atoms with E-state index >= 15 is 0 Å². The average molecular weight is 189 g/mol. The van der Waals surface area contributed by atoms with E-state index in [1.54, 1.807) is 6.92 Å². The number of hydrogen-bond donors (Lipinski definition) is 3. The van der Waals surface area contributed by atoms with Crippen LogP contribution in [0.25, 0.3) is 0 Å². The minimum absolute atomic E-state index is 0.159. The number of carbonyl (C=O) groups is 2. The van der Waals surface area contributed by atoms with Crippen LogP contribution in [-0.2, 0) is 9.59 Å². The number of carboxylic acids is 1. The molecule has 0 rings (SSSR count). The van der Waals surface area contributed by atoms with Crippen LogP contribution in [0.3, 0.4) is 0 Å². The zero-order chi connectivity index (χ0) is 10.4. The van der Waals surface area contributed by atoms with E-state index in [1.807, 2.05) is 6.92 Å². The first-order valence-corrected chi connectivity index (χ1v) is 4.16. The summed E-state index contributed by atoms with van der Waals surface area (Å²) in [5.41, 5.74) is 0. The molecule has 0 radical (unpaired) electrons. The van der Waals surface area contributed by atoms with Crippen molar-refractivity contribution >= 4 is 11.9 Å². The van der Waals surface area contributed by atoms with Gasteiger partial charge in [0.1, 0.15) is 12.6 Å². The molecule has 0 aliphatic heterocycles. The van der Waals surface area contributed by atoms with Gasteiger partial charge in [0.25, 0.3) is 0 Å². The lowest BCUT2D eigenvalue weighted by Crippen LogP contribution is -2.40. The fraction of sp³-hybridized carbons (Fsp3) is 0.750. The molecule has 0 aliphatic rings. The topological polar surface area (TPSA) is 86.6 Å². The number of hydrogen-bond acceptors (Lipinski definition) is 3. The first-order chi connectivity index (χ1) is 5.99. The maximum atomic E-state index is 11.0. The Kier molecular flexibility index (Phi) is 5.06. The molecular weight excluding hydrogens is 174 g/mol. The minimum Gasteiger partial charge on any atom is -0.480 e. The molecule has 0 bridgehead atoms. The van der Waals surface area contributed by atoms with Crippen molar-refractivity contribution in [2.45, 2.75) is 26.4 Å². The maximum Gasteiger partial charge on any atom is 0.322 e. The smallest absolute Gasteiger partial charge is 0.322 e. The van der Waals surface area contributed by atoms with Crippen LogP contribution in [0.5, 0.6) is 0 Å². The van der Waals surface area contributed by atoms with E-state index in [-0.39, 0.29) is 5.92 Å². The Morgan fingerprint density at radius 3 is 2.38 bits per heavy atom. The van der Waals surface area contributed by atoms with Crippen molar-refractivity contribution in [2.75, 3.05) is 6.54 Å². The third-order valence-electron chi connectivity index (χ3n) is 1.87. The first kappa shape index (κ1) is 11.9. The third-order valence-corrected chi connectivity index (χ3v) is 1.87. The van der Waals surface area contributed by atoms with Gasteiger partial charge in [0.05, 0.1) is 0 Å². The second kappa shape index (κ2) is 5.53. The largest absolute Gasteiger partial charge is 0.480 e. The van der Waals surface area contributed by atoms with Crippen LogP contribution in [0.2, 0.25) is 0 Å². The Balaban J connectivity index is 3.89. The summed E-state index contributed by atoms with van der Waals surface area (Å²) in [5.74, 6) is -1.91. The van der Waals surface area contributed by atoms with Gasteiger partial charge in [0.15, 0.2) is 0 Å². The van der Waals surface area contributed by atoms with Gasteiger partial charge in [-0.2, -0.15) is 0 Å². The second-order valence-electron chi connectivity index (χ2n) is 2.94. The van der Waals surface area contributed by atoms with Crippen LogP contribution in [0.15, 0.2) is 0 Å². The van der Waals surface area contributed by atoms with Crippen LogP contribution in [-0.4, -0.2) is 34.7 Å². The molecule has 13 heavy (non-hydrogen) atoms. The Morgan fingerprint density at radius 1 is 1.46 bits per heavy atom. The average Bonchev–Trinajstić information content (AvgIpc) is 2.11. The molecule has 0 saturated heterocycles. The summed E-state index contributed by atoms with van der Waals surface area (Å²) in [6.45, 7) is 3.12. The van der Waals surface area contributed by atoms with Crippen molar-refractivity contribution in [1.82, 2.24) is 5.32 Å². The van der Waals surface area contributed by atoms with E-state index in [0.717, 1.165) is 0 Å². The molecule has 0 aromatic rings. The lowest BCUT2D eigenvalue weighted by atomic mass is 10.0. The van der Waals surface area contributed by atoms with Crippen LogP contribution in [0.1, 0.15) is 20.3 Å². The van der Waals surface area contributed by atoms with Crippen molar-refractivity contribution in [3.05, 3.63) is 0 Å². The highest BCUT2D eigenvalue weighted by Gasteiger charge is 2.20. The number of aliphatic hydroxyl groups is 1. The Labute approximate surface area is 76.8 Å². The van der Waals surface area contributed by atoms with Gasteiger partial charge < -0.3 is 15.5 Å². The summed E-state index contributed by atoms with van der Waals surface area (Å²) in [4.78, 5) is 21.1. The Bertz CT molecular complexity index is 193. The van der Waals surface area contributed by atoms with Crippen LogP contribution in [0.4, 0.5) is 0 Å². The van der Waals surface area contributed by atoms with Crippen molar-refractivity contribution in [1.29, 1.82) is 0 Å². The summed E-state index contributed by atoms with van der Waals surface area (Å²) < 4.78 is 0. The number of amides is 1. The highest BCUT2D eigenvalue weighted by atomic mass is 16.4. The van der Waals surface area contributed by atoms with E-state index in [1.165, 1.54) is 0 Å². The van der Waals surface area contributed by atoms with Crippen LogP contribution in [0, 0.1) is 5.92 Å². The molecular formula is C8H15NO4. The van der Waals surface area contributed by atoms with E-state index in [9.17, 15) is 14.7 Å². The van der Waals surface area contributed by atoms with Crippen molar-refractivity contribution in [2.24, 2.45) is 5.92 Å². The quantitative estimate of drug-likeness (QED) is 0.549. The van der Waals surface area contributed by atoms with Gasteiger partial charge >= 0.3 is 5.97 Å². The van der Waals surface area contributed by atoms with Crippen molar-refractivity contribution in [3.63, 3.8) is 0 Å². The Hall–Kier alpha value is -1.10. The highest BCUT2D eigenvalue weighted by Crippen LogP contribution is 2.06. The molecule has 5 heteroatoms. The van der Waals surface area contributed by atoms with Gasteiger partial charge in [-0.05, 0) is 5.92 Å². The molecule has 0 saturated carbocycles. The number of carbonyl (C=O) groups excluding carboxylic acids is 1. The number of carboxylic acid groups (broad SMARTS) is 1. The molecule has 0 fully saturated rings. The molecule has 1 amide bonds. The molecule has 2 unspecified atom stereocenters. The monoisotopic (exact) mass is 189 g/mol. The number of aliphatic hydroxyl groups excluding tert-OH is 1. The number of nitrogens with one attached hydrogen (secondary N) is 1. The number of aliphatic carboxylic acids is 1. The maximum absolute atomic E-state index is 11.0. The van der Waals surface area contributed by atoms with E-state index in [0.29, 0.717) is 6.42 Å². The molecule has 0 aliphatic carbocycles. The second-order valence-corrected chi connectivity index (χ2v) is 2.94. The molecule has 0 heterocycles. The van der Waals surface area contributed by atoms with Gasteiger partial charge in [0, 0.05) is 0 Å². The van der Waals surface area contributed by atoms with Gasteiger partial charge in [-0.15, -0.1) is 0 Å². The lowest BCUT2D eigenvalue weighted by Gasteiger charge is -2.15. The molecule has 3 N–H and O–H groups in total. The fourth-order valence-corrected chi connectivity index (χ4v) is 0.749. The van der Waals surface area contributed by atoms with E-state index in [4.69, 9.17) is 5.11 Å². The van der Waals surface area contributed by atoms with Gasteiger partial charge in [0.2, 0.25) is 5.91 Å². The predicted octanol–water partition coefficient (Wildman–Crippen LogP) is -0.406. The molecule has 0 aromatic carbocycles. The SMILES string of the molecule is CCC(C)C(O)C(=O)NCC(=O)O. The van der Waals surface area contributed by atoms with Crippen molar-refractivity contribution in [3.8, 4) is 0 Å². The summed E-state index contributed by atoms with van der Waals surface area (Å²) >= 11 is 0. The summed E-state index contributed by atoms with van der Waals surface area (Å²) in [5, 5.41) is 19.6. The van der Waals surface area contributed by atoms with E-state index < -0.39 is 24.5 Å². The summed E-state index contributed by atoms with van der Waals surface area (Å²) in [7, 11) is 0. The molecule has 76 valence electrons. The lowest BCUT2D eigenvalue weighted by molar-refractivity contribution is -0.140. The van der Waals surface area contributed by atoms with Gasteiger partial charge in [-0.1, -0.05) is 20.3 Å². The minimum atomic E-state index is -1.12. The van der Waals surface area contributed by atoms with Crippen LogP contribution >= 0.6 is 0 Å². The first-order valence-electron chi connectivity index (χ1n) is 4.16. The normalized spacial score (nSPS) is 14.7. The zero-order valence-corrected chi connectivity index (χ0v) is 7.78. The van der Waals surface area contributed by atoms with E-state index in [2.05, 4.69) is 5.32 Å². The molecule has 5 nitrogen and oxygen atoms in total. The highest BCUT2D eigenvalue weighted by molar-refractivity contribution is 5.84. The molecule has 0 spiro atoms. The standard InChI is InChI=1S/C8H15NO4/c1-3-5(2)7(12)8(13)9-4-6(10)11/h5,7,12H,3-4H2,1-2H3,(H,9,13)(H,10,11). The summed E-state index contributed by atoms with van der Waals surface area (Å²) in [6, 6.07) is 0. The Morgan fingerprint density at radius 2 is 2.00 bits per heavy atom. The third kappa shape index (κ3) is 4.47. The molecule has 2 atom stereocenters. The fourth-order valence-electron chi connectivity index (χ4n) is 0.749. The zero-order valence-electron chi connectivity index (χ0n) is 7.78. The molecule has 0 aromatic heterocycles. The van der Waals surface area contributed by atoms with Crippen LogP contribution < -0.4 is 5.32 Å². The van der Waals surface area contributed by atoms with Gasteiger partial charge in [-0.25, -0.2) is 0 Å². The predicted molar refractivity (Wildman–Crippen MR) is 46.1 cm³/mol.